The van der Waals surface area contributed by atoms with E-state index in [1.807, 2.05) is 12.1 Å². The lowest BCUT2D eigenvalue weighted by Crippen LogP contribution is -2.25. The van der Waals surface area contributed by atoms with Gasteiger partial charge in [-0.2, -0.15) is 0 Å². The van der Waals surface area contributed by atoms with Crippen LogP contribution < -0.4 is 5.32 Å². The molecule has 6 heteroatoms. The molecule has 0 aliphatic heterocycles. The highest BCUT2D eigenvalue weighted by molar-refractivity contribution is 5.82. The lowest BCUT2D eigenvalue weighted by molar-refractivity contribution is -0.384. The Morgan fingerprint density at radius 1 is 1.25 bits per heavy atom. The number of nitro benzene ring substituents is 1. The second kappa shape index (κ2) is 8.59. The fraction of sp³-hybridized carbons (Fsp3) is 0.500. The van der Waals surface area contributed by atoms with E-state index >= 15 is 0 Å². The summed E-state index contributed by atoms with van der Waals surface area (Å²) in [7, 11) is 0. The molecule has 0 bridgehead atoms. The van der Waals surface area contributed by atoms with Crippen molar-refractivity contribution in [3.8, 4) is 0 Å². The number of pyridine rings is 1. The molecule has 2 rings (SSSR count). The van der Waals surface area contributed by atoms with E-state index in [0.717, 1.165) is 49.2 Å². The van der Waals surface area contributed by atoms with Gasteiger partial charge in [0.1, 0.15) is 5.82 Å². The van der Waals surface area contributed by atoms with Gasteiger partial charge in [-0.25, -0.2) is 4.98 Å². The zero-order valence-electron chi connectivity index (χ0n) is 14.7. The second-order valence-electron chi connectivity index (χ2n) is 6.05. The van der Waals surface area contributed by atoms with Crippen molar-refractivity contribution in [1.29, 1.82) is 0 Å². The third kappa shape index (κ3) is 4.89. The minimum Gasteiger partial charge on any atom is -0.368 e. The predicted octanol–water partition coefficient (Wildman–Crippen LogP) is 4.07. The maximum atomic E-state index is 10.8. The number of non-ortho nitro benzene ring substituents is 1. The number of hydrogen-bond donors (Lipinski definition) is 1. The van der Waals surface area contributed by atoms with Gasteiger partial charge in [0.15, 0.2) is 0 Å². The molecule has 0 saturated carbocycles. The summed E-state index contributed by atoms with van der Waals surface area (Å²) in [6.45, 7) is 9.84. The molecular formula is C18H26N4O2. The monoisotopic (exact) mass is 330 g/mol. The summed E-state index contributed by atoms with van der Waals surface area (Å²) >= 11 is 0. The van der Waals surface area contributed by atoms with E-state index in [4.69, 9.17) is 0 Å². The van der Waals surface area contributed by atoms with Crippen LogP contribution in [0.15, 0.2) is 30.3 Å². The van der Waals surface area contributed by atoms with Crippen LogP contribution in [0, 0.1) is 10.1 Å². The minimum absolute atomic E-state index is 0.0924. The van der Waals surface area contributed by atoms with Gasteiger partial charge >= 0.3 is 0 Å². The molecule has 0 saturated heterocycles. The summed E-state index contributed by atoms with van der Waals surface area (Å²) in [5.41, 5.74) is 0.857. The van der Waals surface area contributed by atoms with Gasteiger partial charge in [-0.05, 0) is 57.6 Å². The molecule has 130 valence electrons. The van der Waals surface area contributed by atoms with Crippen LogP contribution in [0.3, 0.4) is 0 Å². The molecule has 0 spiro atoms. The first-order valence-electron chi connectivity index (χ1n) is 8.57. The lowest BCUT2D eigenvalue weighted by Gasteiger charge is -2.20. The SMILES string of the molecule is CCN(CC)CCCC(C)Nc1ccc2cc([N+](=O)[O-])ccc2n1. The Balaban J connectivity index is 1.94. The summed E-state index contributed by atoms with van der Waals surface area (Å²) in [6, 6.07) is 8.84. The third-order valence-corrected chi connectivity index (χ3v) is 4.28. The highest BCUT2D eigenvalue weighted by atomic mass is 16.6. The molecular weight excluding hydrogens is 304 g/mol. The van der Waals surface area contributed by atoms with E-state index in [9.17, 15) is 10.1 Å². The van der Waals surface area contributed by atoms with E-state index in [0.29, 0.717) is 6.04 Å². The number of fused-ring (bicyclic) bond motifs is 1. The molecule has 1 atom stereocenters. The van der Waals surface area contributed by atoms with Crippen LogP contribution in [0.2, 0.25) is 0 Å². The molecule has 2 aromatic rings. The second-order valence-corrected chi connectivity index (χ2v) is 6.05. The Labute approximate surface area is 143 Å². The lowest BCUT2D eigenvalue weighted by atomic mass is 10.1. The molecule has 1 aromatic carbocycles. The fourth-order valence-corrected chi connectivity index (χ4v) is 2.79. The Kier molecular flexibility index (Phi) is 6.49. The molecule has 24 heavy (non-hydrogen) atoms. The Bertz CT molecular complexity index is 686. The predicted molar refractivity (Wildman–Crippen MR) is 98.5 cm³/mol. The fourth-order valence-electron chi connectivity index (χ4n) is 2.79. The van der Waals surface area contributed by atoms with Crippen LogP contribution in [-0.2, 0) is 0 Å². The number of aromatic nitrogens is 1. The number of nitrogens with zero attached hydrogens (tertiary/aromatic N) is 3. The van der Waals surface area contributed by atoms with Gasteiger partial charge < -0.3 is 10.2 Å². The quantitative estimate of drug-likeness (QED) is 0.554. The molecule has 1 N–H and O–H groups in total. The topological polar surface area (TPSA) is 71.3 Å². The van der Waals surface area contributed by atoms with Crippen molar-refractivity contribution < 1.29 is 4.92 Å². The van der Waals surface area contributed by atoms with Crippen molar-refractivity contribution in [1.82, 2.24) is 9.88 Å². The summed E-state index contributed by atoms with van der Waals surface area (Å²) in [4.78, 5) is 17.4. The number of benzene rings is 1. The normalized spacial score (nSPS) is 12.5. The zero-order valence-corrected chi connectivity index (χ0v) is 14.7. The van der Waals surface area contributed by atoms with Crippen LogP contribution in [0.25, 0.3) is 10.9 Å². The van der Waals surface area contributed by atoms with Gasteiger partial charge in [-0.1, -0.05) is 13.8 Å². The summed E-state index contributed by atoms with van der Waals surface area (Å²) < 4.78 is 0. The van der Waals surface area contributed by atoms with E-state index in [-0.39, 0.29) is 10.6 Å². The standard InChI is InChI=1S/C18H26N4O2/c1-4-21(5-2)12-6-7-14(3)19-18-11-8-15-13-16(22(23)24)9-10-17(15)20-18/h8-11,13-14H,4-7,12H2,1-3H3,(H,19,20). The Morgan fingerprint density at radius 2 is 2.00 bits per heavy atom. The Morgan fingerprint density at radius 3 is 2.67 bits per heavy atom. The highest BCUT2D eigenvalue weighted by Gasteiger charge is 2.09. The first-order valence-corrected chi connectivity index (χ1v) is 8.57. The number of nitro groups is 1. The van der Waals surface area contributed by atoms with Crippen molar-refractivity contribution in [2.45, 2.75) is 39.7 Å². The van der Waals surface area contributed by atoms with Crippen LogP contribution in [0.4, 0.5) is 11.5 Å². The first kappa shape index (κ1) is 18.1. The van der Waals surface area contributed by atoms with Gasteiger partial charge in [-0.3, -0.25) is 10.1 Å². The van der Waals surface area contributed by atoms with E-state index in [1.165, 1.54) is 6.07 Å². The van der Waals surface area contributed by atoms with Crippen molar-refractivity contribution in [2.75, 3.05) is 25.0 Å². The largest absolute Gasteiger partial charge is 0.368 e. The third-order valence-electron chi connectivity index (χ3n) is 4.28. The van der Waals surface area contributed by atoms with Gasteiger partial charge in [0.25, 0.3) is 5.69 Å². The maximum Gasteiger partial charge on any atom is 0.270 e. The molecule has 0 aliphatic carbocycles. The molecule has 0 fully saturated rings. The summed E-state index contributed by atoms with van der Waals surface area (Å²) in [6.07, 6.45) is 2.23. The minimum atomic E-state index is -0.385. The van der Waals surface area contributed by atoms with E-state index in [2.05, 4.69) is 36.0 Å². The average molecular weight is 330 g/mol. The van der Waals surface area contributed by atoms with Gasteiger partial charge in [0.2, 0.25) is 0 Å². The molecule has 1 heterocycles. The van der Waals surface area contributed by atoms with Gasteiger partial charge in [0, 0.05) is 23.6 Å². The van der Waals surface area contributed by atoms with Crippen LogP contribution in [0.1, 0.15) is 33.6 Å². The van der Waals surface area contributed by atoms with Crippen LogP contribution in [-0.4, -0.2) is 40.5 Å². The number of rotatable bonds is 9. The van der Waals surface area contributed by atoms with E-state index in [1.54, 1.807) is 12.1 Å². The molecule has 0 radical (unpaired) electrons. The zero-order chi connectivity index (χ0) is 17.5. The highest BCUT2D eigenvalue weighted by Crippen LogP contribution is 2.21. The molecule has 0 amide bonds. The number of nitrogens with one attached hydrogen (secondary N) is 1. The summed E-state index contributed by atoms with van der Waals surface area (Å²) in [5.74, 6) is 0.812. The van der Waals surface area contributed by atoms with Crippen molar-refractivity contribution >= 4 is 22.4 Å². The van der Waals surface area contributed by atoms with Gasteiger partial charge in [0.05, 0.1) is 10.4 Å². The van der Waals surface area contributed by atoms with Gasteiger partial charge in [-0.15, -0.1) is 0 Å². The molecule has 0 aliphatic rings. The van der Waals surface area contributed by atoms with Crippen molar-refractivity contribution in [3.63, 3.8) is 0 Å². The molecule has 1 unspecified atom stereocenters. The maximum absolute atomic E-state index is 10.8. The molecule has 6 nitrogen and oxygen atoms in total. The summed E-state index contributed by atoms with van der Waals surface area (Å²) in [5, 5.41) is 15.0. The average Bonchev–Trinajstić information content (AvgIpc) is 2.58. The molecule has 1 aromatic heterocycles. The van der Waals surface area contributed by atoms with Crippen molar-refractivity contribution in [2.24, 2.45) is 0 Å². The smallest absolute Gasteiger partial charge is 0.270 e. The van der Waals surface area contributed by atoms with Crippen LogP contribution in [0.5, 0.6) is 0 Å². The van der Waals surface area contributed by atoms with Crippen molar-refractivity contribution in [3.05, 3.63) is 40.4 Å². The first-order chi connectivity index (χ1) is 11.5. The van der Waals surface area contributed by atoms with E-state index < -0.39 is 0 Å². The number of hydrogen-bond acceptors (Lipinski definition) is 5. The Hall–Kier alpha value is -2.21. The van der Waals surface area contributed by atoms with Crippen LogP contribution >= 0.6 is 0 Å². The number of anilines is 1.